The Kier molecular flexibility index (Phi) is 3.03. The number of nitrogens with one attached hydrogen (secondary N) is 2. The zero-order chi connectivity index (χ0) is 13.2. The molecule has 3 rings (SSSR count). The van der Waals surface area contributed by atoms with E-state index in [1.54, 1.807) is 12.1 Å². The van der Waals surface area contributed by atoms with E-state index in [0.717, 1.165) is 0 Å². The van der Waals surface area contributed by atoms with Crippen molar-refractivity contribution in [2.45, 2.75) is 0 Å². The van der Waals surface area contributed by atoms with Gasteiger partial charge in [-0.05, 0) is 21.1 Å². The molecule has 0 bridgehead atoms. The second kappa shape index (κ2) is 4.84. The molecule has 0 aliphatic carbocycles. The number of fused-ring (bicyclic) bond motifs is 1. The van der Waals surface area contributed by atoms with Crippen LogP contribution in [-0.4, -0.2) is 39.7 Å². The number of nitrogens with zero attached hydrogens (tertiary/aromatic N) is 3. The summed E-state index contributed by atoms with van der Waals surface area (Å²) >= 11 is 3.35. The number of amides is 1. The van der Waals surface area contributed by atoms with Gasteiger partial charge in [0.25, 0.3) is 11.7 Å². The predicted molar refractivity (Wildman–Crippen MR) is 67.3 cm³/mol. The van der Waals surface area contributed by atoms with E-state index in [4.69, 9.17) is 9.47 Å². The van der Waals surface area contributed by atoms with E-state index < -0.39 is 5.91 Å². The van der Waals surface area contributed by atoms with Crippen molar-refractivity contribution >= 4 is 27.5 Å². The molecular formula is C10H8BrN5O3. The molecule has 0 spiro atoms. The van der Waals surface area contributed by atoms with Gasteiger partial charge in [0.2, 0.25) is 0 Å². The number of carbonyl (C=O) groups excluding carboxylic acids is 1. The molecule has 0 atom stereocenters. The Morgan fingerprint density at radius 2 is 2.05 bits per heavy atom. The number of anilines is 1. The average molecular weight is 326 g/mol. The first kappa shape index (κ1) is 11.9. The fourth-order valence-corrected chi connectivity index (χ4v) is 2.02. The predicted octanol–water partition coefficient (Wildman–Crippen LogP) is 0.986. The molecule has 1 aromatic heterocycles. The monoisotopic (exact) mass is 325 g/mol. The number of hydrogen-bond acceptors (Lipinski definition) is 6. The van der Waals surface area contributed by atoms with Crippen molar-refractivity contribution in [3.05, 3.63) is 22.4 Å². The lowest BCUT2D eigenvalue weighted by atomic mass is 10.2. The number of hydrogen-bond donors (Lipinski definition) is 2. The van der Waals surface area contributed by atoms with Gasteiger partial charge in [-0.25, -0.2) is 0 Å². The maximum Gasteiger partial charge on any atom is 0.297 e. The summed E-state index contributed by atoms with van der Waals surface area (Å²) in [7, 11) is 0. The second-order valence-corrected chi connectivity index (χ2v) is 4.52. The van der Waals surface area contributed by atoms with Crippen molar-refractivity contribution in [2.24, 2.45) is 0 Å². The van der Waals surface area contributed by atoms with E-state index in [0.29, 0.717) is 34.9 Å². The molecule has 2 aromatic rings. The number of ether oxygens (including phenoxy) is 2. The van der Waals surface area contributed by atoms with Crippen LogP contribution in [0.1, 0.15) is 10.6 Å². The van der Waals surface area contributed by atoms with Crippen LogP contribution in [0.15, 0.2) is 16.6 Å². The topological polar surface area (TPSA) is 102 Å². The standard InChI is InChI=1S/C10H8BrN5O3/c11-5-3-7-8(19-2-1-18-7)4-6(5)12-10(17)9-13-15-16-14-9/h3-4H,1-2H2,(H,12,17)(H,13,14,15,16). The largest absolute Gasteiger partial charge is 0.486 e. The zero-order valence-electron chi connectivity index (χ0n) is 9.51. The Labute approximate surface area is 115 Å². The van der Waals surface area contributed by atoms with Gasteiger partial charge in [-0.1, -0.05) is 0 Å². The number of aromatic amines is 1. The number of tetrazole rings is 1. The molecule has 19 heavy (non-hydrogen) atoms. The highest BCUT2D eigenvalue weighted by Crippen LogP contribution is 2.38. The minimum absolute atomic E-state index is 0.0400. The Balaban J connectivity index is 1.87. The Morgan fingerprint density at radius 1 is 1.32 bits per heavy atom. The van der Waals surface area contributed by atoms with Crippen LogP contribution in [0.4, 0.5) is 5.69 Å². The first-order valence-corrected chi connectivity index (χ1v) is 6.17. The van der Waals surface area contributed by atoms with Gasteiger partial charge in [0, 0.05) is 16.6 Å². The first-order valence-electron chi connectivity index (χ1n) is 5.38. The third-order valence-corrected chi connectivity index (χ3v) is 3.08. The second-order valence-electron chi connectivity index (χ2n) is 3.67. The van der Waals surface area contributed by atoms with E-state index in [9.17, 15) is 4.79 Å². The molecule has 0 saturated carbocycles. The molecule has 8 nitrogen and oxygen atoms in total. The maximum absolute atomic E-state index is 11.8. The average Bonchev–Trinajstić information content (AvgIpc) is 2.93. The van der Waals surface area contributed by atoms with E-state index in [1.165, 1.54) is 0 Å². The summed E-state index contributed by atoms with van der Waals surface area (Å²) in [5.41, 5.74) is 0.541. The van der Waals surface area contributed by atoms with Gasteiger partial charge in [0.05, 0.1) is 5.69 Å². The minimum atomic E-state index is -0.467. The normalized spacial score (nSPS) is 13.1. The van der Waals surface area contributed by atoms with Gasteiger partial charge >= 0.3 is 0 Å². The molecule has 0 fully saturated rings. The highest BCUT2D eigenvalue weighted by molar-refractivity contribution is 9.10. The summed E-state index contributed by atoms with van der Waals surface area (Å²) in [6.07, 6.45) is 0. The van der Waals surface area contributed by atoms with Crippen LogP contribution < -0.4 is 14.8 Å². The number of aromatic nitrogens is 4. The molecule has 0 saturated heterocycles. The van der Waals surface area contributed by atoms with E-state index in [1.807, 2.05) is 0 Å². The molecule has 98 valence electrons. The van der Waals surface area contributed by atoms with Crippen LogP contribution in [0.25, 0.3) is 0 Å². The number of halogens is 1. The first-order chi connectivity index (χ1) is 9.24. The number of carbonyl (C=O) groups is 1. The smallest absolute Gasteiger partial charge is 0.297 e. The molecule has 9 heteroatoms. The lowest BCUT2D eigenvalue weighted by Gasteiger charge is -2.19. The Morgan fingerprint density at radius 3 is 2.74 bits per heavy atom. The van der Waals surface area contributed by atoms with Crippen LogP contribution in [0.5, 0.6) is 11.5 Å². The SMILES string of the molecule is O=C(Nc1cc2c(cc1Br)OCCO2)c1nn[nH]n1. The molecule has 1 aromatic carbocycles. The van der Waals surface area contributed by atoms with Gasteiger partial charge in [0.1, 0.15) is 13.2 Å². The summed E-state index contributed by atoms with van der Waals surface area (Å²) in [6.45, 7) is 0.987. The minimum Gasteiger partial charge on any atom is -0.486 e. The molecular weight excluding hydrogens is 318 g/mol. The lowest BCUT2D eigenvalue weighted by Crippen LogP contribution is -2.17. The van der Waals surface area contributed by atoms with E-state index >= 15 is 0 Å². The summed E-state index contributed by atoms with van der Waals surface area (Å²) in [4.78, 5) is 11.8. The van der Waals surface area contributed by atoms with Gasteiger partial charge in [0.15, 0.2) is 11.5 Å². The van der Waals surface area contributed by atoms with Crippen molar-refractivity contribution in [1.82, 2.24) is 20.6 Å². The zero-order valence-corrected chi connectivity index (χ0v) is 11.1. The summed E-state index contributed by atoms with van der Waals surface area (Å²) in [5.74, 6) is 0.710. The van der Waals surface area contributed by atoms with Gasteiger partial charge in [-0.2, -0.15) is 5.21 Å². The van der Waals surface area contributed by atoms with E-state index in [-0.39, 0.29) is 5.82 Å². The quantitative estimate of drug-likeness (QED) is 0.853. The van der Waals surface area contributed by atoms with Crippen molar-refractivity contribution in [2.75, 3.05) is 18.5 Å². The molecule has 2 N–H and O–H groups in total. The molecule has 1 amide bonds. The number of H-pyrrole nitrogens is 1. The van der Waals surface area contributed by atoms with Gasteiger partial charge in [-0.15, -0.1) is 10.2 Å². The molecule has 1 aliphatic heterocycles. The molecule has 2 heterocycles. The number of rotatable bonds is 2. The fourth-order valence-electron chi connectivity index (χ4n) is 1.60. The van der Waals surface area contributed by atoms with Gasteiger partial charge < -0.3 is 14.8 Å². The molecule has 1 aliphatic rings. The molecule has 0 unspecified atom stereocenters. The highest BCUT2D eigenvalue weighted by Gasteiger charge is 2.18. The third-order valence-electron chi connectivity index (χ3n) is 2.43. The fraction of sp³-hybridized carbons (Fsp3) is 0.200. The molecule has 0 radical (unpaired) electrons. The van der Waals surface area contributed by atoms with Crippen LogP contribution >= 0.6 is 15.9 Å². The summed E-state index contributed by atoms with van der Waals surface area (Å²) in [5, 5.41) is 15.4. The van der Waals surface area contributed by atoms with Crippen molar-refractivity contribution in [1.29, 1.82) is 0 Å². The highest BCUT2D eigenvalue weighted by atomic mass is 79.9. The van der Waals surface area contributed by atoms with Crippen LogP contribution in [0.2, 0.25) is 0 Å². The third kappa shape index (κ3) is 2.36. The van der Waals surface area contributed by atoms with Gasteiger partial charge in [-0.3, -0.25) is 4.79 Å². The Bertz CT molecular complexity index is 616. The maximum atomic E-state index is 11.8. The van der Waals surface area contributed by atoms with Crippen molar-refractivity contribution in [3.63, 3.8) is 0 Å². The van der Waals surface area contributed by atoms with Crippen molar-refractivity contribution in [3.8, 4) is 11.5 Å². The lowest BCUT2D eigenvalue weighted by molar-refractivity contribution is 0.101. The Hall–Kier alpha value is -2.16. The van der Waals surface area contributed by atoms with E-state index in [2.05, 4.69) is 41.9 Å². The summed E-state index contributed by atoms with van der Waals surface area (Å²) < 4.78 is 11.5. The van der Waals surface area contributed by atoms with Crippen molar-refractivity contribution < 1.29 is 14.3 Å². The summed E-state index contributed by atoms with van der Waals surface area (Å²) in [6, 6.07) is 3.41. The van der Waals surface area contributed by atoms with Crippen LogP contribution in [0, 0.1) is 0 Å². The van der Waals surface area contributed by atoms with Crippen LogP contribution in [-0.2, 0) is 0 Å². The van der Waals surface area contributed by atoms with Crippen LogP contribution in [0.3, 0.4) is 0 Å². The number of benzene rings is 1.